The zero-order valence-electron chi connectivity index (χ0n) is 11.2. The minimum atomic E-state index is -4.07. The second-order valence-electron chi connectivity index (χ2n) is 5.79. The van der Waals surface area contributed by atoms with Crippen LogP contribution in [0.15, 0.2) is 23.1 Å². The Morgan fingerprint density at radius 1 is 1.19 bits per heavy atom. The smallest absolute Gasteiger partial charge is 0.261 e. The van der Waals surface area contributed by atoms with Crippen LogP contribution < -0.4 is 5.32 Å². The summed E-state index contributed by atoms with van der Waals surface area (Å²) in [6.07, 6.45) is 4.41. The summed E-state index contributed by atoms with van der Waals surface area (Å²) >= 11 is 0. The second kappa shape index (κ2) is 5.25. The van der Waals surface area contributed by atoms with Crippen LogP contribution in [0.5, 0.6) is 0 Å². The fraction of sp³-hybridized carbons (Fsp3) is 0.500. The first-order valence-corrected chi connectivity index (χ1v) is 9.21. The van der Waals surface area contributed by atoms with E-state index in [9.17, 15) is 17.6 Å². The largest absolute Gasteiger partial charge is 0.349 e. The Labute approximate surface area is 127 Å². The molecule has 2 fully saturated rings. The van der Waals surface area contributed by atoms with Crippen molar-refractivity contribution < 1.29 is 17.6 Å². The first kappa shape index (κ1) is 14.8. The van der Waals surface area contributed by atoms with Crippen LogP contribution in [0.4, 0.5) is 4.39 Å². The standard InChI is InChI=1S/C14H15ClFNO3S/c15-21(19,20)12-6-10(5-11(16)7-12)14(18)17-13(8-1-2-8)9-3-4-9/h5-9,13H,1-4H2,(H,17,18). The maximum Gasteiger partial charge on any atom is 0.261 e. The Morgan fingerprint density at radius 2 is 1.76 bits per heavy atom. The molecule has 1 aromatic rings. The Hall–Kier alpha value is -1.14. The molecular weight excluding hydrogens is 317 g/mol. The number of hydrogen-bond acceptors (Lipinski definition) is 3. The zero-order chi connectivity index (χ0) is 15.2. The van der Waals surface area contributed by atoms with Gasteiger partial charge >= 0.3 is 0 Å². The van der Waals surface area contributed by atoms with Crippen molar-refractivity contribution in [3.05, 3.63) is 29.6 Å². The van der Waals surface area contributed by atoms with E-state index in [1.54, 1.807) is 0 Å². The topological polar surface area (TPSA) is 63.2 Å². The van der Waals surface area contributed by atoms with Gasteiger partial charge in [-0.05, 0) is 55.7 Å². The molecule has 3 rings (SSSR count). The summed E-state index contributed by atoms with van der Waals surface area (Å²) in [5.41, 5.74) is -0.0134. The summed E-state index contributed by atoms with van der Waals surface area (Å²) in [5.74, 6) is -0.228. The van der Waals surface area contributed by atoms with Gasteiger partial charge in [0, 0.05) is 22.3 Å². The van der Waals surface area contributed by atoms with Gasteiger partial charge in [0.05, 0.1) is 4.90 Å². The number of rotatable bonds is 5. The molecule has 1 N–H and O–H groups in total. The van der Waals surface area contributed by atoms with Gasteiger partial charge in [0.2, 0.25) is 0 Å². The molecule has 1 amide bonds. The summed E-state index contributed by atoms with van der Waals surface area (Å²) in [6.45, 7) is 0. The van der Waals surface area contributed by atoms with Crippen molar-refractivity contribution in [2.24, 2.45) is 11.8 Å². The van der Waals surface area contributed by atoms with Crippen LogP contribution >= 0.6 is 10.7 Å². The molecule has 2 aliphatic rings. The highest BCUT2D eigenvalue weighted by molar-refractivity contribution is 8.13. The third kappa shape index (κ3) is 3.55. The van der Waals surface area contributed by atoms with Crippen LogP contribution in [0.3, 0.4) is 0 Å². The normalized spacial score (nSPS) is 18.8. The molecule has 0 aromatic heterocycles. The van der Waals surface area contributed by atoms with E-state index >= 15 is 0 Å². The maximum atomic E-state index is 13.5. The molecule has 0 unspecified atom stereocenters. The number of nitrogens with one attached hydrogen (secondary N) is 1. The number of hydrogen-bond donors (Lipinski definition) is 1. The molecule has 0 saturated heterocycles. The highest BCUT2D eigenvalue weighted by Crippen LogP contribution is 2.44. The molecule has 0 radical (unpaired) electrons. The van der Waals surface area contributed by atoms with Crippen molar-refractivity contribution in [1.82, 2.24) is 5.32 Å². The first-order valence-electron chi connectivity index (χ1n) is 6.91. The Kier molecular flexibility index (Phi) is 3.69. The summed E-state index contributed by atoms with van der Waals surface area (Å²) in [7, 11) is 1.14. The highest BCUT2D eigenvalue weighted by Gasteiger charge is 2.42. The van der Waals surface area contributed by atoms with Crippen molar-refractivity contribution in [2.75, 3.05) is 0 Å². The van der Waals surface area contributed by atoms with Crippen LogP contribution in [0, 0.1) is 17.7 Å². The van der Waals surface area contributed by atoms with Crippen molar-refractivity contribution >= 4 is 25.6 Å². The van der Waals surface area contributed by atoms with E-state index in [4.69, 9.17) is 10.7 Å². The van der Waals surface area contributed by atoms with E-state index in [2.05, 4.69) is 5.32 Å². The summed E-state index contributed by atoms with van der Waals surface area (Å²) in [4.78, 5) is 11.8. The van der Waals surface area contributed by atoms with Gasteiger partial charge in [-0.25, -0.2) is 12.8 Å². The Balaban J connectivity index is 1.82. The number of benzene rings is 1. The Bertz CT molecular complexity index is 671. The quantitative estimate of drug-likeness (QED) is 0.844. The summed E-state index contributed by atoms with van der Waals surface area (Å²) in [6, 6.07) is 3.06. The average molecular weight is 332 g/mol. The number of carbonyl (C=O) groups is 1. The highest BCUT2D eigenvalue weighted by atomic mass is 35.7. The molecule has 2 aliphatic carbocycles. The molecule has 0 atom stereocenters. The van der Waals surface area contributed by atoms with Gasteiger partial charge in [-0.1, -0.05) is 0 Å². The maximum absolute atomic E-state index is 13.5. The average Bonchev–Trinajstić information content (AvgIpc) is 3.26. The van der Waals surface area contributed by atoms with Gasteiger partial charge in [-0.3, -0.25) is 4.79 Å². The third-order valence-electron chi connectivity index (χ3n) is 3.97. The molecule has 21 heavy (non-hydrogen) atoms. The molecule has 0 spiro atoms. The van der Waals surface area contributed by atoms with Crippen molar-refractivity contribution in [3.63, 3.8) is 0 Å². The van der Waals surface area contributed by atoms with E-state index in [0.717, 1.165) is 43.9 Å². The molecule has 0 bridgehead atoms. The van der Waals surface area contributed by atoms with Gasteiger partial charge < -0.3 is 5.32 Å². The van der Waals surface area contributed by atoms with E-state index in [-0.39, 0.29) is 11.6 Å². The van der Waals surface area contributed by atoms with Crippen molar-refractivity contribution in [1.29, 1.82) is 0 Å². The lowest BCUT2D eigenvalue weighted by molar-refractivity contribution is 0.0925. The molecule has 0 aliphatic heterocycles. The van der Waals surface area contributed by atoms with Crippen LogP contribution in [0.25, 0.3) is 0 Å². The van der Waals surface area contributed by atoms with Gasteiger partial charge in [0.25, 0.3) is 15.0 Å². The Morgan fingerprint density at radius 3 is 2.24 bits per heavy atom. The van der Waals surface area contributed by atoms with E-state index in [0.29, 0.717) is 11.8 Å². The minimum absolute atomic E-state index is 0.0134. The molecule has 114 valence electrons. The van der Waals surface area contributed by atoms with Gasteiger partial charge in [-0.15, -0.1) is 0 Å². The predicted octanol–water partition coefficient (Wildman–Crippen LogP) is 2.67. The van der Waals surface area contributed by atoms with Crippen LogP contribution in [-0.2, 0) is 9.05 Å². The molecular formula is C14H15ClFNO3S. The van der Waals surface area contributed by atoms with E-state index in [1.165, 1.54) is 0 Å². The van der Waals surface area contributed by atoms with Crippen molar-refractivity contribution in [3.8, 4) is 0 Å². The monoisotopic (exact) mass is 331 g/mol. The van der Waals surface area contributed by atoms with Gasteiger partial charge in [0.15, 0.2) is 0 Å². The second-order valence-corrected chi connectivity index (χ2v) is 8.35. The predicted molar refractivity (Wildman–Crippen MR) is 76.1 cm³/mol. The molecule has 4 nitrogen and oxygen atoms in total. The molecule has 1 aromatic carbocycles. The van der Waals surface area contributed by atoms with Crippen molar-refractivity contribution in [2.45, 2.75) is 36.6 Å². The molecule has 0 heterocycles. The summed E-state index contributed by atoms with van der Waals surface area (Å²) < 4.78 is 36.1. The lowest BCUT2D eigenvalue weighted by Crippen LogP contribution is -2.38. The minimum Gasteiger partial charge on any atom is -0.349 e. The third-order valence-corrected chi connectivity index (χ3v) is 5.31. The lowest BCUT2D eigenvalue weighted by atomic mass is 10.1. The van der Waals surface area contributed by atoms with E-state index in [1.807, 2.05) is 0 Å². The summed E-state index contributed by atoms with van der Waals surface area (Å²) in [5, 5.41) is 2.92. The van der Waals surface area contributed by atoms with Crippen LogP contribution in [-0.4, -0.2) is 20.4 Å². The zero-order valence-corrected chi connectivity index (χ0v) is 12.8. The van der Waals surface area contributed by atoms with Gasteiger partial charge in [0.1, 0.15) is 5.82 Å². The fourth-order valence-corrected chi connectivity index (χ4v) is 3.39. The van der Waals surface area contributed by atoms with Crippen LogP contribution in [0.2, 0.25) is 0 Å². The SMILES string of the molecule is O=C(NC(C1CC1)C1CC1)c1cc(F)cc(S(=O)(=O)Cl)c1. The van der Waals surface area contributed by atoms with Gasteiger partial charge in [-0.2, -0.15) is 0 Å². The van der Waals surface area contributed by atoms with Crippen LogP contribution in [0.1, 0.15) is 36.0 Å². The fourth-order valence-electron chi connectivity index (χ4n) is 2.60. The molecule has 7 heteroatoms. The first-order chi connectivity index (χ1) is 9.84. The number of halogens is 2. The van der Waals surface area contributed by atoms with E-state index < -0.39 is 25.7 Å². The number of carbonyl (C=O) groups excluding carboxylic acids is 1. The number of amides is 1. The lowest BCUT2D eigenvalue weighted by Gasteiger charge is -2.17. The molecule has 2 saturated carbocycles.